The Morgan fingerprint density at radius 1 is 1.44 bits per heavy atom. The van der Waals surface area contributed by atoms with Crippen molar-refractivity contribution in [2.24, 2.45) is 22.1 Å². The number of hydrogen-bond acceptors (Lipinski definition) is 6. The first-order chi connectivity index (χ1) is 12.9. The summed E-state index contributed by atoms with van der Waals surface area (Å²) in [6.45, 7) is 4.98. The SMILES string of the molecule is CC1(C)CC(=O)C2C(=NC(COCCN)=C(C#N)C2c2ccc[n+]([O-])c2)C1. The third kappa shape index (κ3) is 3.92. The van der Waals surface area contributed by atoms with Crippen molar-refractivity contribution in [3.8, 4) is 6.07 Å². The van der Waals surface area contributed by atoms with Crippen LogP contribution in [-0.2, 0) is 9.53 Å². The standard InChI is InChI=1S/C20H24N4O3/c1-20(2)8-15-19(17(25)9-20)18(13-4-3-6-24(26)11-13)14(10-22)16(23-15)12-27-7-5-21/h3-4,6,11,18-19H,5,7-9,12,21H2,1-2H3. The zero-order valence-corrected chi connectivity index (χ0v) is 15.6. The Balaban J connectivity index is 2.11. The third-order valence-electron chi connectivity index (χ3n) is 5.03. The Morgan fingerprint density at radius 3 is 2.89 bits per heavy atom. The molecule has 0 radical (unpaired) electrons. The maximum absolute atomic E-state index is 13.0. The number of hydrogen-bond donors (Lipinski definition) is 1. The number of nitriles is 1. The first-order valence-corrected chi connectivity index (χ1v) is 9.06. The van der Waals surface area contributed by atoms with Crippen molar-refractivity contribution >= 4 is 11.5 Å². The van der Waals surface area contributed by atoms with Crippen LogP contribution in [0.4, 0.5) is 0 Å². The minimum absolute atomic E-state index is 0.0611. The van der Waals surface area contributed by atoms with Crippen LogP contribution in [0.3, 0.4) is 0 Å². The van der Waals surface area contributed by atoms with Gasteiger partial charge in [-0.25, -0.2) is 0 Å². The molecule has 2 heterocycles. The predicted molar refractivity (Wildman–Crippen MR) is 99.6 cm³/mol. The van der Waals surface area contributed by atoms with Gasteiger partial charge in [0.25, 0.3) is 0 Å². The zero-order valence-electron chi connectivity index (χ0n) is 15.6. The summed E-state index contributed by atoms with van der Waals surface area (Å²) >= 11 is 0. The van der Waals surface area contributed by atoms with Crippen molar-refractivity contribution in [2.75, 3.05) is 19.8 Å². The highest BCUT2D eigenvalue weighted by molar-refractivity contribution is 6.10. The predicted octanol–water partition coefficient (Wildman–Crippen LogP) is 1.62. The van der Waals surface area contributed by atoms with Gasteiger partial charge in [0.05, 0.1) is 36.5 Å². The smallest absolute Gasteiger partial charge is 0.184 e. The van der Waals surface area contributed by atoms with Crippen LogP contribution in [0.1, 0.15) is 38.2 Å². The molecule has 142 valence electrons. The van der Waals surface area contributed by atoms with E-state index in [0.717, 1.165) is 5.71 Å². The summed E-state index contributed by atoms with van der Waals surface area (Å²) in [5.74, 6) is -0.955. The van der Waals surface area contributed by atoms with Gasteiger partial charge in [-0.1, -0.05) is 13.8 Å². The van der Waals surface area contributed by atoms with E-state index < -0.39 is 11.8 Å². The van der Waals surface area contributed by atoms with Crippen LogP contribution < -0.4 is 10.5 Å². The number of ether oxygens (including phenoxy) is 1. The molecule has 3 rings (SSSR count). The summed E-state index contributed by atoms with van der Waals surface area (Å²) in [5, 5.41) is 21.7. The molecule has 1 aliphatic carbocycles. The Labute approximate surface area is 158 Å². The fourth-order valence-corrected chi connectivity index (χ4v) is 4.01. The van der Waals surface area contributed by atoms with E-state index in [0.29, 0.717) is 47.6 Å². The maximum atomic E-state index is 13.0. The van der Waals surface area contributed by atoms with Crippen LogP contribution in [0.5, 0.6) is 0 Å². The van der Waals surface area contributed by atoms with Crippen LogP contribution in [-0.4, -0.2) is 31.3 Å². The lowest BCUT2D eigenvalue weighted by Gasteiger charge is -2.40. The van der Waals surface area contributed by atoms with Crippen molar-refractivity contribution in [2.45, 2.75) is 32.6 Å². The van der Waals surface area contributed by atoms with Gasteiger partial charge in [0, 0.05) is 36.2 Å². The monoisotopic (exact) mass is 368 g/mol. The van der Waals surface area contributed by atoms with Gasteiger partial charge in [-0.15, -0.1) is 0 Å². The zero-order chi connectivity index (χ0) is 19.6. The highest BCUT2D eigenvalue weighted by Crippen LogP contribution is 2.46. The van der Waals surface area contributed by atoms with E-state index in [2.05, 4.69) is 11.1 Å². The molecule has 27 heavy (non-hydrogen) atoms. The van der Waals surface area contributed by atoms with Gasteiger partial charge in [-0.3, -0.25) is 9.79 Å². The molecule has 2 N–H and O–H groups in total. The molecule has 1 saturated carbocycles. The Morgan fingerprint density at radius 2 is 2.22 bits per heavy atom. The molecule has 2 unspecified atom stereocenters. The molecule has 0 saturated heterocycles. The Bertz CT molecular complexity index is 851. The number of Topliss-reactive ketones (excluding diaryl/α,β-unsaturated/α-hetero) is 1. The number of aromatic nitrogens is 1. The minimum Gasteiger partial charge on any atom is -0.619 e. The van der Waals surface area contributed by atoms with E-state index in [1.54, 1.807) is 12.1 Å². The van der Waals surface area contributed by atoms with E-state index in [1.165, 1.54) is 12.4 Å². The van der Waals surface area contributed by atoms with Crippen molar-refractivity contribution in [1.82, 2.24) is 0 Å². The normalized spacial score (nSPS) is 24.2. The highest BCUT2D eigenvalue weighted by Gasteiger charge is 2.47. The van der Waals surface area contributed by atoms with E-state index >= 15 is 0 Å². The van der Waals surface area contributed by atoms with Gasteiger partial charge >= 0.3 is 0 Å². The van der Waals surface area contributed by atoms with Crippen molar-refractivity contribution in [1.29, 1.82) is 5.26 Å². The maximum Gasteiger partial charge on any atom is 0.184 e. The first-order valence-electron chi connectivity index (χ1n) is 9.06. The molecule has 0 amide bonds. The fraction of sp³-hybridized carbons (Fsp3) is 0.500. The van der Waals surface area contributed by atoms with Crippen LogP contribution in [0.2, 0.25) is 0 Å². The molecule has 0 aromatic carbocycles. The van der Waals surface area contributed by atoms with Gasteiger partial charge in [-0.2, -0.15) is 9.99 Å². The largest absolute Gasteiger partial charge is 0.619 e. The van der Waals surface area contributed by atoms with Crippen LogP contribution >= 0.6 is 0 Å². The Kier molecular flexibility index (Phi) is 5.40. The summed E-state index contributed by atoms with van der Waals surface area (Å²) < 4.78 is 6.22. The molecular weight excluding hydrogens is 344 g/mol. The summed E-state index contributed by atoms with van der Waals surface area (Å²) in [5.41, 5.74) is 7.63. The van der Waals surface area contributed by atoms with E-state index in [-0.39, 0.29) is 17.8 Å². The number of allylic oxidation sites excluding steroid dienone is 1. The molecule has 0 bridgehead atoms. The lowest BCUT2D eigenvalue weighted by atomic mass is 9.63. The lowest BCUT2D eigenvalue weighted by Crippen LogP contribution is -2.43. The van der Waals surface area contributed by atoms with Gasteiger partial charge in [0.1, 0.15) is 5.78 Å². The second kappa shape index (κ2) is 7.59. The van der Waals surface area contributed by atoms with Crippen molar-refractivity contribution < 1.29 is 14.3 Å². The van der Waals surface area contributed by atoms with Crippen molar-refractivity contribution in [3.05, 3.63) is 46.6 Å². The second-order valence-electron chi connectivity index (χ2n) is 7.85. The summed E-state index contributed by atoms with van der Waals surface area (Å²) in [7, 11) is 0. The lowest BCUT2D eigenvalue weighted by molar-refractivity contribution is -0.605. The topological polar surface area (TPSA) is 115 Å². The summed E-state index contributed by atoms with van der Waals surface area (Å²) in [6, 6.07) is 5.63. The number of pyridine rings is 1. The molecule has 1 aliphatic heterocycles. The van der Waals surface area contributed by atoms with Crippen LogP contribution in [0.25, 0.3) is 0 Å². The molecular formula is C20H24N4O3. The number of nitrogens with zero attached hydrogens (tertiary/aromatic N) is 3. The number of nitrogens with two attached hydrogens (primary N) is 1. The van der Waals surface area contributed by atoms with Crippen LogP contribution in [0.15, 0.2) is 40.8 Å². The number of carbonyl (C=O) groups is 1. The number of rotatable bonds is 5. The third-order valence-corrected chi connectivity index (χ3v) is 5.03. The van der Waals surface area contributed by atoms with Gasteiger partial charge in [0.2, 0.25) is 0 Å². The van der Waals surface area contributed by atoms with Crippen molar-refractivity contribution in [3.63, 3.8) is 0 Å². The molecule has 2 atom stereocenters. The minimum atomic E-state index is -0.510. The Hall–Kier alpha value is -2.56. The molecule has 7 heteroatoms. The molecule has 1 fully saturated rings. The van der Waals surface area contributed by atoms with E-state index in [4.69, 9.17) is 10.5 Å². The van der Waals surface area contributed by atoms with Gasteiger partial charge < -0.3 is 15.7 Å². The quantitative estimate of drug-likeness (QED) is 0.482. The molecule has 0 spiro atoms. The second-order valence-corrected chi connectivity index (χ2v) is 7.85. The highest BCUT2D eigenvalue weighted by atomic mass is 16.5. The summed E-state index contributed by atoms with van der Waals surface area (Å²) in [6.07, 6.45) is 3.91. The van der Waals surface area contributed by atoms with E-state index in [9.17, 15) is 15.3 Å². The molecule has 1 aromatic rings. The first kappa shape index (κ1) is 19.2. The number of fused-ring (bicyclic) bond motifs is 1. The molecule has 2 aliphatic rings. The average Bonchev–Trinajstić information content (AvgIpc) is 2.59. The van der Waals surface area contributed by atoms with Gasteiger partial charge in [-0.05, 0) is 17.9 Å². The average molecular weight is 368 g/mol. The van der Waals surface area contributed by atoms with Crippen LogP contribution in [0, 0.1) is 27.9 Å². The molecule has 7 nitrogen and oxygen atoms in total. The van der Waals surface area contributed by atoms with E-state index in [1.807, 2.05) is 13.8 Å². The van der Waals surface area contributed by atoms with Gasteiger partial charge in [0.15, 0.2) is 12.4 Å². The number of ketones is 1. The summed E-state index contributed by atoms with van der Waals surface area (Å²) in [4.78, 5) is 17.7. The molecule has 1 aromatic heterocycles. The fourth-order valence-electron chi connectivity index (χ4n) is 4.01. The number of carbonyl (C=O) groups excluding carboxylic acids is 1. The number of aliphatic imine (C=N–C) groups is 1.